The molecule has 0 saturated carbocycles. The third-order valence-corrected chi connectivity index (χ3v) is 3.84. The van der Waals surface area contributed by atoms with E-state index in [-0.39, 0.29) is 24.0 Å². The number of nitrogens with one attached hydrogen (secondary N) is 2. The molecule has 0 aromatic carbocycles. The summed E-state index contributed by atoms with van der Waals surface area (Å²) in [6.45, 7) is 10.4. The molecule has 0 radical (unpaired) electrons. The highest BCUT2D eigenvalue weighted by molar-refractivity contribution is 14.0. The van der Waals surface area contributed by atoms with E-state index >= 15 is 0 Å². The molecule has 2 rings (SSSR count). The number of rotatable bonds is 6. The lowest BCUT2D eigenvalue weighted by Crippen LogP contribution is -2.48. The number of guanidine groups is 1. The quantitative estimate of drug-likeness (QED) is 0.305. The number of piperidine rings is 1. The number of aliphatic imine (C=N–C) groups is 1. The topological polar surface area (TPSA) is 70.4 Å². The fourth-order valence-electron chi connectivity index (χ4n) is 2.57. The molecule has 1 aliphatic heterocycles. The van der Waals surface area contributed by atoms with Crippen LogP contribution in [0.15, 0.2) is 24.0 Å². The van der Waals surface area contributed by atoms with Gasteiger partial charge in [-0.25, -0.2) is 9.98 Å². The van der Waals surface area contributed by atoms with Gasteiger partial charge in [-0.05, 0) is 19.8 Å². The zero-order chi connectivity index (χ0) is 15.8. The Balaban J connectivity index is 0.00000264. The molecule has 130 valence electrons. The summed E-state index contributed by atoms with van der Waals surface area (Å²) in [6, 6.07) is 0.471. The van der Waals surface area contributed by atoms with Gasteiger partial charge in [-0.2, -0.15) is 5.10 Å². The second-order valence-corrected chi connectivity index (χ2v) is 5.50. The maximum absolute atomic E-state index is 4.61. The molecule has 8 heteroatoms. The predicted octanol–water partition coefficient (Wildman–Crippen LogP) is 1.14. The molecule has 1 saturated heterocycles. The molecule has 0 atom stereocenters. The minimum Gasteiger partial charge on any atom is -0.357 e. The van der Waals surface area contributed by atoms with Gasteiger partial charge in [0.25, 0.3) is 0 Å². The summed E-state index contributed by atoms with van der Waals surface area (Å²) in [5, 5.41) is 10.9. The number of halogens is 1. The Morgan fingerprint density at radius 2 is 2.22 bits per heavy atom. The van der Waals surface area contributed by atoms with Gasteiger partial charge in [-0.1, -0.05) is 6.08 Å². The van der Waals surface area contributed by atoms with Gasteiger partial charge in [0.15, 0.2) is 5.96 Å². The van der Waals surface area contributed by atoms with Crippen molar-refractivity contribution in [3.05, 3.63) is 24.8 Å². The van der Waals surface area contributed by atoms with E-state index in [9.17, 15) is 0 Å². The SMILES string of the molecule is C=CCN1CCC(NC(=NCc2ncnn2C)NCC)CC1.I. The highest BCUT2D eigenvalue weighted by atomic mass is 127. The fourth-order valence-corrected chi connectivity index (χ4v) is 2.57. The Morgan fingerprint density at radius 3 is 2.78 bits per heavy atom. The van der Waals surface area contributed by atoms with E-state index in [0.29, 0.717) is 12.6 Å². The average molecular weight is 433 g/mol. The second-order valence-electron chi connectivity index (χ2n) is 5.50. The molecule has 2 N–H and O–H groups in total. The molecule has 0 spiro atoms. The normalized spacial score (nSPS) is 16.7. The first-order valence-corrected chi connectivity index (χ1v) is 7.94. The van der Waals surface area contributed by atoms with Crippen molar-refractivity contribution >= 4 is 29.9 Å². The van der Waals surface area contributed by atoms with E-state index in [4.69, 9.17) is 0 Å². The van der Waals surface area contributed by atoms with Crippen LogP contribution in [0.1, 0.15) is 25.6 Å². The Hall–Kier alpha value is -1.16. The van der Waals surface area contributed by atoms with Crippen LogP contribution in [-0.2, 0) is 13.6 Å². The largest absolute Gasteiger partial charge is 0.357 e. The van der Waals surface area contributed by atoms with Crippen molar-refractivity contribution in [3.63, 3.8) is 0 Å². The van der Waals surface area contributed by atoms with Gasteiger partial charge in [-0.3, -0.25) is 9.58 Å². The van der Waals surface area contributed by atoms with Crippen molar-refractivity contribution in [2.75, 3.05) is 26.2 Å². The zero-order valence-electron chi connectivity index (χ0n) is 14.0. The molecule has 7 nitrogen and oxygen atoms in total. The standard InChI is InChI=1S/C15H27N7.HI/c1-4-8-22-9-6-13(7-10-22)20-15(16-5-2)17-11-14-18-12-19-21(14)3;/h4,12-13H,1,5-11H2,2-3H3,(H2,16,17,20);1H. The summed E-state index contributed by atoms with van der Waals surface area (Å²) in [6.07, 6.45) is 5.78. The Labute approximate surface area is 155 Å². The summed E-state index contributed by atoms with van der Waals surface area (Å²) in [7, 11) is 1.88. The van der Waals surface area contributed by atoms with Gasteiger partial charge in [0.2, 0.25) is 0 Å². The molecule has 23 heavy (non-hydrogen) atoms. The molecule has 2 heterocycles. The van der Waals surface area contributed by atoms with Crippen molar-refractivity contribution in [1.29, 1.82) is 0 Å². The number of hydrogen-bond donors (Lipinski definition) is 2. The van der Waals surface area contributed by atoms with Crippen LogP contribution in [0.4, 0.5) is 0 Å². The van der Waals surface area contributed by atoms with Gasteiger partial charge < -0.3 is 10.6 Å². The summed E-state index contributed by atoms with van der Waals surface area (Å²) in [5.74, 6) is 1.71. The monoisotopic (exact) mass is 433 g/mol. The molecular weight excluding hydrogens is 405 g/mol. The van der Waals surface area contributed by atoms with Crippen molar-refractivity contribution in [2.45, 2.75) is 32.4 Å². The van der Waals surface area contributed by atoms with Crippen LogP contribution in [0, 0.1) is 0 Å². The lowest BCUT2D eigenvalue weighted by atomic mass is 10.1. The number of nitrogens with zero attached hydrogens (tertiary/aromatic N) is 5. The van der Waals surface area contributed by atoms with Crippen molar-refractivity contribution in [2.24, 2.45) is 12.0 Å². The lowest BCUT2D eigenvalue weighted by molar-refractivity contribution is 0.225. The summed E-state index contributed by atoms with van der Waals surface area (Å²) in [4.78, 5) is 11.2. The van der Waals surface area contributed by atoms with Crippen molar-refractivity contribution in [3.8, 4) is 0 Å². The van der Waals surface area contributed by atoms with E-state index in [1.54, 1.807) is 11.0 Å². The van der Waals surface area contributed by atoms with Gasteiger partial charge in [0.1, 0.15) is 18.7 Å². The first-order valence-electron chi connectivity index (χ1n) is 7.94. The minimum absolute atomic E-state index is 0. The van der Waals surface area contributed by atoms with E-state index in [1.807, 2.05) is 13.1 Å². The predicted molar refractivity (Wildman–Crippen MR) is 104 cm³/mol. The van der Waals surface area contributed by atoms with Crippen LogP contribution in [0.3, 0.4) is 0 Å². The van der Waals surface area contributed by atoms with Crippen LogP contribution >= 0.6 is 24.0 Å². The maximum atomic E-state index is 4.61. The van der Waals surface area contributed by atoms with E-state index in [1.165, 1.54) is 0 Å². The molecule has 0 aliphatic carbocycles. The van der Waals surface area contributed by atoms with Gasteiger partial charge in [0.05, 0.1) is 0 Å². The lowest BCUT2D eigenvalue weighted by Gasteiger charge is -2.32. The van der Waals surface area contributed by atoms with Crippen molar-refractivity contribution in [1.82, 2.24) is 30.3 Å². The first-order chi connectivity index (χ1) is 10.7. The van der Waals surface area contributed by atoms with Crippen LogP contribution < -0.4 is 10.6 Å². The Morgan fingerprint density at radius 1 is 1.48 bits per heavy atom. The smallest absolute Gasteiger partial charge is 0.191 e. The third-order valence-electron chi connectivity index (χ3n) is 3.84. The summed E-state index contributed by atoms with van der Waals surface area (Å²) in [5.41, 5.74) is 0. The Kier molecular flexibility index (Phi) is 9.15. The van der Waals surface area contributed by atoms with Gasteiger partial charge in [-0.15, -0.1) is 30.6 Å². The first kappa shape index (κ1) is 19.9. The molecule has 0 amide bonds. The highest BCUT2D eigenvalue weighted by Gasteiger charge is 2.19. The van der Waals surface area contributed by atoms with Gasteiger partial charge >= 0.3 is 0 Å². The summed E-state index contributed by atoms with van der Waals surface area (Å²) >= 11 is 0. The summed E-state index contributed by atoms with van der Waals surface area (Å²) < 4.78 is 1.75. The maximum Gasteiger partial charge on any atom is 0.191 e. The molecule has 1 aromatic heterocycles. The number of likely N-dealkylation sites (tertiary alicyclic amines) is 1. The molecule has 1 fully saturated rings. The van der Waals surface area contributed by atoms with Crippen LogP contribution in [0.5, 0.6) is 0 Å². The minimum atomic E-state index is 0. The van der Waals surface area contributed by atoms with E-state index in [2.05, 4.69) is 44.1 Å². The zero-order valence-corrected chi connectivity index (χ0v) is 16.4. The van der Waals surface area contributed by atoms with Gasteiger partial charge in [0, 0.05) is 39.3 Å². The van der Waals surface area contributed by atoms with E-state index < -0.39 is 0 Å². The Bertz CT molecular complexity index is 492. The number of aryl methyl sites for hydroxylation is 1. The molecule has 1 aromatic rings. The third kappa shape index (κ3) is 6.46. The second kappa shape index (κ2) is 10.6. The van der Waals surface area contributed by atoms with E-state index in [0.717, 1.165) is 50.8 Å². The average Bonchev–Trinajstić information content (AvgIpc) is 2.92. The number of aromatic nitrogens is 3. The number of hydrogen-bond acceptors (Lipinski definition) is 4. The highest BCUT2D eigenvalue weighted by Crippen LogP contribution is 2.10. The molecular formula is C15H28IN7. The molecule has 0 unspecified atom stereocenters. The molecule has 1 aliphatic rings. The van der Waals surface area contributed by atoms with Crippen LogP contribution in [0.25, 0.3) is 0 Å². The van der Waals surface area contributed by atoms with Crippen LogP contribution in [-0.4, -0.2) is 57.8 Å². The van der Waals surface area contributed by atoms with Crippen LogP contribution in [0.2, 0.25) is 0 Å². The molecule has 0 bridgehead atoms. The fraction of sp³-hybridized carbons (Fsp3) is 0.667. The van der Waals surface area contributed by atoms with Crippen molar-refractivity contribution < 1.29 is 0 Å².